The van der Waals surface area contributed by atoms with E-state index in [4.69, 9.17) is 4.74 Å². The summed E-state index contributed by atoms with van der Waals surface area (Å²) in [6.07, 6.45) is 2.95. The van der Waals surface area contributed by atoms with Crippen molar-refractivity contribution in [1.29, 1.82) is 0 Å². The van der Waals surface area contributed by atoms with Crippen molar-refractivity contribution < 1.29 is 4.74 Å². The first-order valence-corrected chi connectivity index (χ1v) is 5.04. The van der Waals surface area contributed by atoms with E-state index in [1.54, 1.807) is 0 Å². The van der Waals surface area contributed by atoms with Crippen molar-refractivity contribution in [3.63, 3.8) is 0 Å². The molecule has 2 unspecified atom stereocenters. The van der Waals surface area contributed by atoms with Crippen molar-refractivity contribution in [2.24, 2.45) is 0 Å². The van der Waals surface area contributed by atoms with Gasteiger partial charge in [-0.25, -0.2) is 0 Å². The van der Waals surface area contributed by atoms with E-state index in [9.17, 15) is 0 Å². The second-order valence-electron chi connectivity index (χ2n) is 3.75. The van der Waals surface area contributed by atoms with Gasteiger partial charge in [0, 0.05) is 6.42 Å². The molecule has 0 aromatic heterocycles. The van der Waals surface area contributed by atoms with Gasteiger partial charge >= 0.3 is 0 Å². The molecule has 1 nitrogen and oxygen atoms in total. The zero-order valence-corrected chi connectivity index (χ0v) is 8.29. The quantitative estimate of drug-likeness (QED) is 0.687. The highest BCUT2D eigenvalue weighted by Gasteiger charge is 2.26. The molecular formula is C12H16O. The molecule has 2 rings (SSSR count). The Morgan fingerprint density at radius 2 is 2.23 bits per heavy atom. The fraction of sp³-hybridized carbons (Fsp3) is 0.500. The SMILES string of the molecule is CCC(C)OC1Cc2ccccc21. The lowest BCUT2D eigenvalue weighted by molar-refractivity contribution is -0.0177. The summed E-state index contributed by atoms with van der Waals surface area (Å²) >= 11 is 0. The Labute approximate surface area is 79.7 Å². The van der Waals surface area contributed by atoms with Crippen LogP contribution in [-0.4, -0.2) is 6.10 Å². The van der Waals surface area contributed by atoms with E-state index in [0.717, 1.165) is 12.8 Å². The lowest BCUT2D eigenvalue weighted by Gasteiger charge is -2.32. The van der Waals surface area contributed by atoms with Crippen LogP contribution in [0.2, 0.25) is 0 Å². The Hall–Kier alpha value is -0.820. The molecule has 1 aromatic carbocycles. The van der Waals surface area contributed by atoms with Crippen LogP contribution in [0.5, 0.6) is 0 Å². The standard InChI is InChI=1S/C12H16O/c1-3-9(2)13-12-8-10-6-4-5-7-11(10)12/h4-7,9,12H,3,8H2,1-2H3. The van der Waals surface area contributed by atoms with Crippen LogP contribution in [0, 0.1) is 0 Å². The molecule has 0 spiro atoms. The Bertz CT molecular complexity index is 293. The topological polar surface area (TPSA) is 9.23 Å². The van der Waals surface area contributed by atoms with Gasteiger partial charge in [0.15, 0.2) is 0 Å². The maximum absolute atomic E-state index is 5.86. The van der Waals surface area contributed by atoms with Crippen molar-refractivity contribution in [2.45, 2.75) is 38.9 Å². The summed E-state index contributed by atoms with van der Waals surface area (Å²) in [7, 11) is 0. The molecule has 0 heterocycles. The van der Waals surface area contributed by atoms with Crippen LogP contribution in [0.4, 0.5) is 0 Å². The van der Waals surface area contributed by atoms with Gasteiger partial charge in [-0.1, -0.05) is 31.2 Å². The van der Waals surface area contributed by atoms with Gasteiger partial charge in [-0.3, -0.25) is 0 Å². The molecule has 2 atom stereocenters. The summed E-state index contributed by atoms with van der Waals surface area (Å²) < 4.78 is 5.86. The number of ether oxygens (including phenoxy) is 1. The molecule has 0 fully saturated rings. The van der Waals surface area contributed by atoms with Crippen LogP contribution in [-0.2, 0) is 11.2 Å². The molecular weight excluding hydrogens is 160 g/mol. The van der Waals surface area contributed by atoms with Crippen LogP contribution in [0.15, 0.2) is 24.3 Å². The maximum atomic E-state index is 5.86. The maximum Gasteiger partial charge on any atom is 0.0871 e. The van der Waals surface area contributed by atoms with E-state index in [1.807, 2.05) is 0 Å². The zero-order valence-electron chi connectivity index (χ0n) is 8.29. The Balaban J connectivity index is 2.01. The number of fused-ring (bicyclic) bond motifs is 1. The van der Waals surface area contributed by atoms with E-state index in [1.165, 1.54) is 11.1 Å². The van der Waals surface area contributed by atoms with Crippen LogP contribution in [0.3, 0.4) is 0 Å². The zero-order chi connectivity index (χ0) is 9.26. The molecule has 0 amide bonds. The summed E-state index contributed by atoms with van der Waals surface area (Å²) in [6.45, 7) is 4.30. The lowest BCUT2D eigenvalue weighted by Crippen LogP contribution is -2.23. The highest BCUT2D eigenvalue weighted by atomic mass is 16.5. The van der Waals surface area contributed by atoms with E-state index in [2.05, 4.69) is 38.1 Å². The van der Waals surface area contributed by atoms with E-state index < -0.39 is 0 Å². The molecule has 0 saturated heterocycles. The van der Waals surface area contributed by atoms with Crippen LogP contribution < -0.4 is 0 Å². The summed E-state index contributed by atoms with van der Waals surface area (Å²) in [5.74, 6) is 0. The van der Waals surface area contributed by atoms with Crippen molar-refractivity contribution in [1.82, 2.24) is 0 Å². The summed E-state index contributed by atoms with van der Waals surface area (Å²) in [5.41, 5.74) is 2.85. The first kappa shape index (κ1) is 8.76. The largest absolute Gasteiger partial charge is 0.370 e. The number of rotatable bonds is 3. The second kappa shape index (κ2) is 3.51. The molecule has 1 aliphatic carbocycles. The summed E-state index contributed by atoms with van der Waals surface area (Å²) in [5, 5.41) is 0. The first-order valence-electron chi connectivity index (χ1n) is 5.04. The molecule has 0 N–H and O–H groups in total. The van der Waals surface area contributed by atoms with Crippen LogP contribution >= 0.6 is 0 Å². The summed E-state index contributed by atoms with van der Waals surface area (Å²) in [4.78, 5) is 0. The lowest BCUT2D eigenvalue weighted by atomic mass is 9.85. The van der Waals surface area contributed by atoms with Gasteiger partial charge in [0.1, 0.15) is 0 Å². The van der Waals surface area contributed by atoms with Gasteiger partial charge in [0.25, 0.3) is 0 Å². The molecule has 0 aliphatic heterocycles. The van der Waals surface area contributed by atoms with Crippen molar-refractivity contribution in [2.75, 3.05) is 0 Å². The monoisotopic (exact) mass is 176 g/mol. The van der Waals surface area contributed by atoms with Gasteiger partial charge in [-0.2, -0.15) is 0 Å². The molecule has 1 heteroatoms. The number of hydrogen-bond acceptors (Lipinski definition) is 1. The van der Waals surface area contributed by atoms with Gasteiger partial charge < -0.3 is 4.74 Å². The van der Waals surface area contributed by atoms with Crippen LogP contribution in [0.1, 0.15) is 37.5 Å². The molecule has 0 saturated carbocycles. The third-order valence-electron chi connectivity index (χ3n) is 2.78. The van der Waals surface area contributed by atoms with Crippen molar-refractivity contribution in [3.05, 3.63) is 35.4 Å². The Kier molecular flexibility index (Phi) is 2.36. The van der Waals surface area contributed by atoms with Gasteiger partial charge in [-0.05, 0) is 24.5 Å². The van der Waals surface area contributed by atoms with E-state index in [0.29, 0.717) is 12.2 Å². The highest BCUT2D eigenvalue weighted by Crippen LogP contribution is 2.36. The van der Waals surface area contributed by atoms with E-state index in [-0.39, 0.29) is 0 Å². The molecule has 0 radical (unpaired) electrons. The normalized spacial score (nSPS) is 21.8. The third-order valence-corrected chi connectivity index (χ3v) is 2.78. The minimum absolute atomic E-state index is 0.367. The minimum Gasteiger partial charge on any atom is -0.370 e. The second-order valence-corrected chi connectivity index (χ2v) is 3.75. The Morgan fingerprint density at radius 3 is 2.92 bits per heavy atom. The molecule has 70 valence electrons. The third kappa shape index (κ3) is 1.61. The predicted molar refractivity (Wildman–Crippen MR) is 53.7 cm³/mol. The average molecular weight is 176 g/mol. The van der Waals surface area contributed by atoms with Crippen molar-refractivity contribution >= 4 is 0 Å². The fourth-order valence-electron chi connectivity index (χ4n) is 1.71. The first-order chi connectivity index (χ1) is 6.31. The highest BCUT2D eigenvalue weighted by molar-refractivity contribution is 5.38. The smallest absolute Gasteiger partial charge is 0.0871 e. The van der Waals surface area contributed by atoms with E-state index >= 15 is 0 Å². The average Bonchev–Trinajstić information content (AvgIpc) is 2.14. The molecule has 13 heavy (non-hydrogen) atoms. The molecule has 1 aliphatic rings. The predicted octanol–water partition coefficient (Wildman–Crippen LogP) is 3.10. The minimum atomic E-state index is 0.367. The van der Waals surface area contributed by atoms with Crippen molar-refractivity contribution in [3.8, 4) is 0 Å². The number of benzene rings is 1. The summed E-state index contributed by atoms with van der Waals surface area (Å²) in [6, 6.07) is 8.54. The Morgan fingerprint density at radius 1 is 1.46 bits per heavy atom. The van der Waals surface area contributed by atoms with Gasteiger partial charge in [0.2, 0.25) is 0 Å². The number of hydrogen-bond donors (Lipinski definition) is 0. The molecule has 1 aromatic rings. The fourth-order valence-corrected chi connectivity index (χ4v) is 1.71. The molecule has 0 bridgehead atoms. The van der Waals surface area contributed by atoms with Crippen LogP contribution in [0.25, 0.3) is 0 Å². The van der Waals surface area contributed by atoms with Gasteiger partial charge in [-0.15, -0.1) is 0 Å². The van der Waals surface area contributed by atoms with Gasteiger partial charge in [0.05, 0.1) is 12.2 Å².